The third-order valence-electron chi connectivity index (χ3n) is 10.8. The SMILES string of the molecule is Cc1cc2c(cc1O)C[C@@H](CCCCCN(C)CCCS(=O)(=O)CCCC(F)(F)C(F)(F)F)[C@@H]1[C@@H]2[C@@H](F)C[C@]2(C)C(=O)CC[C@@H]12. The highest BCUT2D eigenvalue weighted by molar-refractivity contribution is 7.91. The number of aryl methyl sites for hydroxylation is 1. The zero-order valence-corrected chi connectivity index (χ0v) is 27.3. The molecule has 6 atom stereocenters. The van der Waals surface area contributed by atoms with Crippen molar-refractivity contribution in [3.05, 3.63) is 28.8 Å². The van der Waals surface area contributed by atoms with Gasteiger partial charge < -0.3 is 10.0 Å². The number of hydrogen-bond donors (Lipinski definition) is 1. The van der Waals surface area contributed by atoms with E-state index in [2.05, 4.69) is 0 Å². The molecule has 4 rings (SSSR count). The van der Waals surface area contributed by atoms with Crippen molar-refractivity contribution in [2.45, 2.75) is 109 Å². The van der Waals surface area contributed by atoms with Crippen molar-refractivity contribution < 1.29 is 44.7 Å². The van der Waals surface area contributed by atoms with E-state index in [1.54, 1.807) is 6.07 Å². The number of rotatable bonds is 14. The number of phenols is 1. The second-order valence-corrected chi connectivity index (χ2v) is 16.4. The van der Waals surface area contributed by atoms with Crippen LogP contribution in [0.4, 0.5) is 26.3 Å². The molecule has 0 saturated heterocycles. The van der Waals surface area contributed by atoms with Crippen LogP contribution in [-0.2, 0) is 21.1 Å². The molecule has 3 aliphatic carbocycles. The predicted molar refractivity (Wildman–Crippen MR) is 161 cm³/mol. The average molecular weight is 668 g/mol. The molecule has 3 aliphatic rings. The summed E-state index contributed by atoms with van der Waals surface area (Å²) in [5.74, 6) is -5.31. The number of unbranched alkanes of at least 4 members (excludes halogenated alkanes) is 2. The van der Waals surface area contributed by atoms with Crippen LogP contribution in [0.3, 0.4) is 0 Å². The monoisotopic (exact) mass is 667 g/mol. The maximum absolute atomic E-state index is 16.0. The number of nitrogens with zero attached hydrogens (tertiary/aromatic N) is 1. The molecule has 0 spiro atoms. The number of carbonyl (C=O) groups is 1. The van der Waals surface area contributed by atoms with Crippen LogP contribution < -0.4 is 0 Å². The van der Waals surface area contributed by atoms with E-state index >= 15 is 4.39 Å². The summed E-state index contributed by atoms with van der Waals surface area (Å²) < 4.78 is 103. The molecule has 0 aromatic heterocycles. The van der Waals surface area contributed by atoms with Gasteiger partial charge in [-0.15, -0.1) is 0 Å². The molecular weight excluding hydrogens is 620 g/mol. The van der Waals surface area contributed by atoms with Gasteiger partial charge >= 0.3 is 12.1 Å². The lowest BCUT2D eigenvalue weighted by Crippen LogP contribution is -2.50. The van der Waals surface area contributed by atoms with Gasteiger partial charge in [-0.2, -0.15) is 22.0 Å². The van der Waals surface area contributed by atoms with Gasteiger partial charge in [0.2, 0.25) is 0 Å². The molecule has 0 unspecified atom stereocenters. The number of hydrogen-bond acceptors (Lipinski definition) is 5. The first kappa shape index (κ1) is 36.0. The minimum Gasteiger partial charge on any atom is -0.508 e. The minimum absolute atomic E-state index is 0.0750. The van der Waals surface area contributed by atoms with Crippen molar-refractivity contribution in [2.24, 2.45) is 23.2 Å². The van der Waals surface area contributed by atoms with Gasteiger partial charge in [0.15, 0.2) is 0 Å². The Morgan fingerprint density at radius 2 is 1.69 bits per heavy atom. The smallest absolute Gasteiger partial charge is 0.453 e. The fraction of sp³-hybridized carbons (Fsp3) is 0.788. The van der Waals surface area contributed by atoms with E-state index in [0.29, 0.717) is 19.5 Å². The van der Waals surface area contributed by atoms with Gasteiger partial charge in [-0.1, -0.05) is 25.8 Å². The molecule has 1 aromatic carbocycles. The highest BCUT2D eigenvalue weighted by Crippen LogP contribution is 2.62. The number of halogens is 6. The Morgan fingerprint density at radius 3 is 2.38 bits per heavy atom. The van der Waals surface area contributed by atoms with Gasteiger partial charge in [-0.3, -0.25) is 4.79 Å². The molecule has 0 heterocycles. The Labute approximate surface area is 263 Å². The molecule has 12 heteroatoms. The fourth-order valence-corrected chi connectivity index (χ4v) is 9.74. The summed E-state index contributed by atoms with van der Waals surface area (Å²) in [7, 11) is -1.88. The normalized spacial score (nSPS) is 28.7. The molecule has 5 nitrogen and oxygen atoms in total. The van der Waals surface area contributed by atoms with Crippen LogP contribution in [0.25, 0.3) is 0 Å². The molecular formula is C33H47F6NO4S. The standard InChI is InChI=1S/C33H47F6NO4S/c1-21-17-24-23(19-27(21)41)18-22(29-25-10-11-28(42)31(25,2)20-26(34)30(24)29)9-5-4-6-13-40(3)14-8-16-45(43,44)15-7-12-32(35,36)33(37,38)39/h17,19,22,25-26,29-30,41H,4-16,18,20H2,1-3H3/t22-,25+,26+,29+,30+,31+/m1/s1. The summed E-state index contributed by atoms with van der Waals surface area (Å²) in [4.78, 5) is 14.9. The van der Waals surface area contributed by atoms with Crippen molar-refractivity contribution in [1.82, 2.24) is 4.90 Å². The number of phenolic OH excluding ortho intramolecular Hbond substituents is 1. The Balaban J connectivity index is 1.25. The van der Waals surface area contributed by atoms with Gasteiger partial charge in [0.05, 0.1) is 11.5 Å². The number of aromatic hydroxyl groups is 1. The molecule has 1 N–H and O–H groups in total. The highest BCUT2D eigenvalue weighted by Gasteiger charge is 2.60. The van der Waals surface area contributed by atoms with Crippen LogP contribution >= 0.6 is 0 Å². The van der Waals surface area contributed by atoms with Crippen molar-refractivity contribution in [3.8, 4) is 5.75 Å². The zero-order chi connectivity index (χ0) is 33.4. The van der Waals surface area contributed by atoms with Crippen molar-refractivity contribution in [3.63, 3.8) is 0 Å². The summed E-state index contributed by atoms with van der Waals surface area (Å²) in [5.41, 5.74) is 2.11. The van der Waals surface area contributed by atoms with Crippen molar-refractivity contribution in [1.29, 1.82) is 0 Å². The lowest BCUT2D eigenvalue weighted by atomic mass is 9.51. The Bertz CT molecular complexity index is 1320. The van der Waals surface area contributed by atoms with Gasteiger partial charge in [-0.25, -0.2) is 12.8 Å². The second-order valence-electron chi connectivity index (χ2n) is 14.1. The molecule has 256 valence electrons. The third-order valence-corrected chi connectivity index (χ3v) is 12.7. The van der Waals surface area contributed by atoms with Gasteiger partial charge in [0.1, 0.15) is 27.5 Å². The largest absolute Gasteiger partial charge is 0.508 e. The predicted octanol–water partition coefficient (Wildman–Crippen LogP) is 7.57. The van der Waals surface area contributed by atoms with E-state index in [-0.39, 0.29) is 53.8 Å². The van der Waals surface area contributed by atoms with E-state index in [0.717, 1.165) is 55.2 Å². The van der Waals surface area contributed by atoms with Crippen LogP contribution in [-0.4, -0.2) is 74.1 Å². The number of sulfone groups is 1. The first-order chi connectivity index (χ1) is 20.9. The summed E-state index contributed by atoms with van der Waals surface area (Å²) >= 11 is 0. The van der Waals surface area contributed by atoms with Crippen LogP contribution in [0.1, 0.15) is 93.7 Å². The number of benzene rings is 1. The van der Waals surface area contributed by atoms with Crippen LogP contribution in [0.5, 0.6) is 5.75 Å². The number of alkyl halides is 6. The van der Waals surface area contributed by atoms with Crippen molar-refractivity contribution >= 4 is 15.6 Å². The average Bonchev–Trinajstić information content (AvgIpc) is 3.21. The van der Waals surface area contributed by atoms with Crippen LogP contribution in [0, 0.1) is 30.1 Å². The summed E-state index contributed by atoms with van der Waals surface area (Å²) in [6, 6.07) is 3.74. The number of fused-ring (bicyclic) bond motifs is 5. The van der Waals surface area contributed by atoms with E-state index in [1.165, 1.54) is 0 Å². The highest BCUT2D eigenvalue weighted by atomic mass is 32.2. The Hall–Kier alpha value is -1.82. The van der Waals surface area contributed by atoms with Gasteiger partial charge in [-0.05, 0) is 113 Å². The molecule has 2 fully saturated rings. The summed E-state index contributed by atoms with van der Waals surface area (Å²) in [6.07, 6.45) is -2.94. The summed E-state index contributed by atoms with van der Waals surface area (Å²) in [5, 5.41) is 10.4. The minimum atomic E-state index is -5.68. The first-order valence-electron chi connectivity index (χ1n) is 16.2. The summed E-state index contributed by atoms with van der Waals surface area (Å²) in [6.45, 7) is 4.96. The van der Waals surface area contributed by atoms with E-state index < -0.39 is 52.1 Å². The number of carbonyl (C=O) groups excluding carboxylic acids is 1. The fourth-order valence-electron chi connectivity index (χ4n) is 8.38. The van der Waals surface area contributed by atoms with Gasteiger partial charge in [0, 0.05) is 24.2 Å². The van der Waals surface area contributed by atoms with E-state index in [1.807, 2.05) is 31.9 Å². The Kier molecular flexibility index (Phi) is 11.0. The molecule has 1 aromatic rings. The zero-order valence-electron chi connectivity index (χ0n) is 26.4. The second kappa shape index (κ2) is 13.7. The maximum atomic E-state index is 16.0. The third kappa shape index (κ3) is 8.01. The van der Waals surface area contributed by atoms with E-state index in [4.69, 9.17) is 0 Å². The Morgan fingerprint density at radius 1 is 1.02 bits per heavy atom. The number of ketones is 1. The van der Waals surface area contributed by atoms with Crippen molar-refractivity contribution in [2.75, 3.05) is 31.6 Å². The molecule has 45 heavy (non-hydrogen) atoms. The lowest BCUT2D eigenvalue weighted by molar-refractivity contribution is -0.284. The van der Waals surface area contributed by atoms with Gasteiger partial charge in [0.25, 0.3) is 0 Å². The molecule has 0 aliphatic heterocycles. The molecule has 0 radical (unpaired) electrons. The van der Waals surface area contributed by atoms with E-state index in [9.17, 15) is 40.3 Å². The molecule has 0 amide bonds. The van der Waals surface area contributed by atoms with Crippen LogP contribution in [0.15, 0.2) is 12.1 Å². The molecule has 2 saturated carbocycles. The maximum Gasteiger partial charge on any atom is 0.453 e. The quantitative estimate of drug-likeness (QED) is 0.164. The van der Waals surface area contributed by atoms with Crippen LogP contribution in [0.2, 0.25) is 0 Å². The number of Topliss-reactive ketones (excluding diaryl/α,β-unsaturated/α-hetero) is 1. The molecule has 0 bridgehead atoms. The first-order valence-corrected chi connectivity index (χ1v) is 18.0. The topological polar surface area (TPSA) is 74.7 Å². The lowest BCUT2D eigenvalue weighted by Gasteiger charge is -2.53.